The van der Waals surface area contributed by atoms with E-state index in [0.29, 0.717) is 29.7 Å². The predicted molar refractivity (Wildman–Crippen MR) is 171 cm³/mol. The second-order valence-electron chi connectivity index (χ2n) is 11.5. The van der Waals surface area contributed by atoms with Crippen molar-refractivity contribution >= 4 is 11.8 Å². The first kappa shape index (κ1) is 33.4. The number of hydrogen-bond acceptors (Lipinski definition) is 5. The fraction of sp³-hybridized carbons (Fsp3) is 0.306. The topological polar surface area (TPSA) is 99.8 Å². The summed E-state index contributed by atoms with van der Waals surface area (Å²) >= 11 is 0. The zero-order chi connectivity index (χ0) is 32.5. The van der Waals surface area contributed by atoms with Gasteiger partial charge in [0.1, 0.15) is 11.6 Å². The van der Waals surface area contributed by atoms with Crippen molar-refractivity contribution in [1.82, 2.24) is 14.8 Å². The smallest absolute Gasteiger partial charge is 0.254 e. The minimum atomic E-state index is -1.20. The minimum absolute atomic E-state index is 0.0110. The van der Waals surface area contributed by atoms with Crippen LogP contribution in [0.25, 0.3) is 0 Å². The summed E-state index contributed by atoms with van der Waals surface area (Å²) in [5, 5.41) is 11.1. The number of benzene rings is 3. The van der Waals surface area contributed by atoms with Crippen LogP contribution in [-0.4, -0.2) is 64.0 Å². The van der Waals surface area contributed by atoms with Gasteiger partial charge in [-0.2, -0.15) is 0 Å². The van der Waals surface area contributed by atoms with Crippen molar-refractivity contribution in [2.24, 2.45) is 5.73 Å². The van der Waals surface area contributed by atoms with E-state index in [0.717, 1.165) is 34.9 Å². The predicted octanol–water partition coefficient (Wildman–Crippen LogP) is 5.12. The van der Waals surface area contributed by atoms with E-state index in [2.05, 4.69) is 4.98 Å². The van der Waals surface area contributed by atoms with Crippen LogP contribution >= 0.6 is 0 Å². The van der Waals surface area contributed by atoms with Gasteiger partial charge in [-0.1, -0.05) is 37.3 Å². The summed E-state index contributed by atoms with van der Waals surface area (Å²) in [6.45, 7) is 4.37. The lowest BCUT2D eigenvalue weighted by molar-refractivity contribution is 0.0554. The number of carbonyl (C=O) groups excluding carboxylic acids is 2. The summed E-state index contributed by atoms with van der Waals surface area (Å²) in [5.74, 6) is -2.07. The van der Waals surface area contributed by atoms with Crippen LogP contribution in [0.15, 0.2) is 85.1 Å². The Balaban J connectivity index is 1.56. The summed E-state index contributed by atoms with van der Waals surface area (Å²) in [5.41, 5.74) is 10.8. The number of amides is 2. The first-order chi connectivity index (χ1) is 21.5. The number of nitrogens with zero attached hydrogens (tertiary/aromatic N) is 3. The third-order valence-electron chi connectivity index (χ3n) is 7.70. The molecule has 1 aromatic heterocycles. The number of aliphatic hydroxyl groups excluding tert-OH is 1. The first-order valence-electron chi connectivity index (χ1n) is 15.0. The number of aromatic nitrogens is 1. The number of carbonyl (C=O) groups is 2. The maximum absolute atomic E-state index is 14.1. The number of nitrogens with two attached hydrogens (primary N) is 1. The molecule has 236 valence electrons. The molecule has 0 aliphatic carbocycles. The third kappa shape index (κ3) is 9.51. The molecule has 3 aromatic carbocycles. The van der Waals surface area contributed by atoms with Crippen molar-refractivity contribution in [2.75, 3.05) is 20.1 Å². The highest BCUT2D eigenvalue weighted by Crippen LogP contribution is 2.19. The molecule has 0 saturated heterocycles. The minimum Gasteiger partial charge on any atom is -0.390 e. The molecule has 0 radical (unpaired) electrons. The maximum Gasteiger partial charge on any atom is 0.254 e. The van der Waals surface area contributed by atoms with Gasteiger partial charge in [-0.15, -0.1) is 0 Å². The van der Waals surface area contributed by atoms with Gasteiger partial charge in [-0.05, 0) is 84.5 Å². The van der Waals surface area contributed by atoms with Crippen molar-refractivity contribution < 1.29 is 23.5 Å². The summed E-state index contributed by atoms with van der Waals surface area (Å²) in [6.07, 6.45) is 1.93. The Kier molecular flexibility index (Phi) is 11.5. The van der Waals surface area contributed by atoms with Gasteiger partial charge in [0.25, 0.3) is 11.8 Å². The molecule has 4 aromatic rings. The molecule has 0 bridgehead atoms. The van der Waals surface area contributed by atoms with Crippen molar-refractivity contribution in [1.29, 1.82) is 0 Å². The molecular weight excluding hydrogens is 574 g/mol. The van der Waals surface area contributed by atoms with Gasteiger partial charge in [-0.25, -0.2) is 8.78 Å². The van der Waals surface area contributed by atoms with Crippen LogP contribution in [0.4, 0.5) is 8.78 Å². The van der Waals surface area contributed by atoms with Crippen molar-refractivity contribution in [3.63, 3.8) is 0 Å². The zero-order valence-electron chi connectivity index (χ0n) is 25.9. The van der Waals surface area contributed by atoms with Crippen LogP contribution in [-0.2, 0) is 25.8 Å². The van der Waals surface area contributed by atoms with Crippen LogP contribution in [0, 0.1) is 18.6 Å². The van der Waals surface area contributed by atoms with E-state index < -0.39 is 23.8 Å². The molecule has 0 unspecified atom stereocenters. The molecule has 45 heavy (non-hydrogen) atoms. The van der Waals surface area contributed by atoms with Crippen LogP contribution in [0.2, 0.25) is 0 Å². The lowest BCUT2D eigenvalue weighted by Crippen LogP contribution is -2.46. The quantitative estimate of drug-likeness (QED) is 0.218. The van der Waals surface area contributed by atoms with Gasteiger partial charge in [0, 0.05) is 68.2 Å². The fourth-order valence-electron chi connectivity index (χ4n) is 5.25. The van der Waals surface area contributed by atoms with Crippen molar-refractivity contribution in [2.45, 2.75) is 51.8 Å². The van der Waals surface area contributed by atoms with E-state index in [1.54, 1.807) is 36.3 Å². The lowest BCUT2D eigenvalue weighted by atomic mass is 10.00. The molecule has 3 N–H and O–H groups in total. The molecule has 0 fully saturated rings. The average Bonchev–Trinajstić information content (AvgIpc) is 3.02. The number of hydrogen-bond donors (Lipinski definition) is 2. The van der Waals surface area contributed by atoms with E-state index in [1.165, 1.54) is 17.0 Å². The largest absolute Gasteiger partial charge is 0.390 e. The van der Waals surface area contributed by atoms with Gasteiger partial charge in [0.05, 0.1) is 6.10 Å². The summed E-state index contributed by atoms with van der Waals surface area (Å²) < 4.78 is 27.5. The molecule has 9 heteroatoms. The normalized spacial score (nSPS) is 12.4. The Bertz CT molecular complexity index is 1600. The highest BCUT2D eigenvalue weighted by molar-refractivity contribution is 6.00. The van der Waals surface area contributed by atoms with Crippen LogP contribution in [0.5, 0.6) is 0 Å². The van der Waals surface area contributed by atoms with Crippen molar-refractivity contribution in [3.05, 3.63) is 136 Å². The number of likely N-dealkylation sites (N-methyl/N-ethyl adjacent to an activating group) is 1. The Labute approximate surface area is 263 Å². The van der Waals surface area contributed by atoms with Crippen LogP contribution in [0.1, 0.15) is 55.6 Å². The zero-order valence-corrected chi connectivity index (χ0v) is 25.9. The van der Waals surface area contributed by atoms with Gasteiger partial charge < -0.3 is 20.6 Å². The molecular formula is C36H40F2N4O3. The number of rotatable bonds is 13. The molecule has 0 spiro atoms. The molecule has 4 rings (SSSR count). The summed E-state index contributed by atoms with van der Waals surface area (Å²) in [7, 11) is 1.71. The molecule has 2 atom stereocenters. The average molecular weight is 615 g/mol. The maximum atomic E-state index is 14.1. The Morgan fingerprint density at radius 2 is 1.58 bits per heavy atom. The fourth-order valence-corrected chi connectivity index (χ4v) is 5.25. The van der Waals surface area contributed by atoms with E-state index >= 15 is 0 Å². The van der Waals surface area contributed by atoms with E-state index in [1.807, 2.05) is 56.3 Å². The van der Waals surface area contributed by atoms with Crippen LogP contribution in [0.3, 0.4) is 0 Å². The van der Waals surface area contributed by atoms with Gasteiger partial charge in [0.15, 0.2) is 0 Å². The van der Waals surface area contributed by atoms with E-state index in [9.17, 15) is 23.5 Å². The third-order valence-corrected chi connectivity index (χ3v) is 7.70. The monoisotopic (exact) mass is 614 g/mol. The number of halogens is 2. The number of aryl methyl sites for hydroxylation is 2. The molecule has 7 nitrogen and oxygen atoms in total. The molecule has 0 aliphatic rings. The first-order valence-corrected chi connectivity index (χ1v) is 15.0. The van der Waals surface area contributed by atoms with Gasteiger partial charge >= 0.3 is 0 Å². The molecule has 1 heterocycles. The second kappa shape index (κ2) is 15.5. The number of aliphatic hydroxyl groups is 1. The van der Waals surface area contributed by atoms with E-state index in [4.69, 9.17) is 5.73 Å². The highest BCUT2D eigenvalue weighted by Gasteiger charge is 2.25. The summed E-state index contributed by atoms with van der Waals surface area (Å²) in [4.78, 5) is 34.9. The van der Waals surface area contributed by atoms with Crippen molar-refractivity contribution in [3.8, 4) is 0 Å². The van der Waals surface area contributed by atoms with Gasteiger partial charge in [-0.3, -0.25) is 14.6 Å². The lowest BCUT2D eigenvalue weighted by Gasteiger charge is -2.29. The van der Waals surface area contributed by atoms with E-state index in [-0.39, 0.29) is 31.3 Å². The molecule has 2 amide bonds. The standard InChI is InChI=1S/C36H40F2N4O3/c1-4-25-8-7-9-26(16-25)22-42(23-34(43)33(39)19-27-17-30(37)21-31(38)18-27)36(45)29-15-24(2)14-28(20-29)35(44)41(3)13-11-32-10-5-6-12-40-32/h5-10,12,14-18,20-21,33-34,43H,4,11,13,19,22-23,39H2,1-3H3/t33-,34+/m0/s1. The highest BCUT2D eigenvalue weighted by atomic mass is 19.1. The second-order valence-corrected chi connectivity index (χ2v) is 11.5. The Morgan fingerprint density at radius 3 is 2.24 bits per heavy atom. The molecule has 0 aliphatic heterocycles. The SMILES string of the molecule is CCc1cccc(CN(C[C@@H](O)[C@@H](N)Cc2cc(F)cc(F)c2)C(=O)c2cc(C)cc(C(=O)N(C)CCc3ccccn3)c2)c1. The van der Waals surface area contributed by atoms with Gasteiger partial charge in [0.2, 0.25) is 0 Å². The molecule has 0 saturated carbocycles. The Hall–Kier alpha value is -4.47. The Morgan fingerprint density at radius 1 is 0.889 bits per heavy atom. The number of pyridine rings is 1. The summed E-state index contributed by atoms with van der Waals surface area (Å²) in [6, 6.07) is 20.7. The van der Waals surface area contributed by atoms with Crippen LogP contribution < -0.4 is 5.73 Å².